The molecule has 1 heteroatoms. The zero-order chi connectivity index (χ0) is 6.00. The summed E-state index contributed by atoms with van der Waals surface area (Å²) in [5.74, 6) is 0. The summed E-state index contributed by atoms with van der Waals surface area (Å²) in [4.78, 5) is 0. The van der Waals surface area contributed by atoms with Crippen molar-refractivity contribution < 1.29 is 19.5 Å². The van der Waals surface area contributed by atoms with Gasteiger partial charge in [0.2, 0.25) is 0 Å². The monoisotopic (exact) mass is 189 g/mol. The van der Waals surface area contributed by atoms with Crippen LogP contribution in [-0.4, -0.2) is 0 Å². The molecule has 0 atom stereocenters. The van der Waals surface area contributed by atoms with Gasteiger partial charge in [-0.1, -0.05) is 0 Å². The van der Waals surface area contributed by atoms with Gasteiger partial charge in [-0.2, -0.15) is 20.8 Å². The Kier molecular flexibility index (Phi) is 1960. The second-order valence-electron chi connectivity index (χ2n) is 0. The van der Waals surface area contributed by atoms with E-state index in [1.54, 1.807) is 20.8 Å². The maximum atomic E-state index is 3.25. The molecule has 0 aromatic carbocycles. The fourth-order valence-electron chi connectivity index (χ4n) is 0. The molecule has 1 radical (unpaired) electrons. The van der Waals surface area contributed by atoms with E-state index in [0.717, 1.165) is 0 Å². The zero-order valence-corrected chi connectivity index (χ0v) is 7.21. The van der Waals surface area contributed by atoms with E-state index in [9.17, 15) is 0 Å². The van der Waals surface area contributed by atoms with Gasteiger partial charge in [-0.25, -0.2) is 0 Å². The van der Waals surface area contributed by atoms with E-state index in [1.807, 2.05) is 0 Å². The van der Waals surface area contributed by atoms with E-state index in [0.29, 0.717) is 0 Å². The second-order valence-corrected chi connectivity index (χ2v) is 0. The summed E-state index contributed by atoms with van der Waals surface area (Å²) in [7, 11) is 0. The van der Waals surface area contributed by atoms with E-state index in [4.69, 9.17) is 0 Å². The van der Waals surface area contributed by atoms with Gasteiger partial charge in [0.25, 0.3) is 0 Å². The summed E-state index contributed by atoms with van der Waals surface area (Å²) in [6.07, 6.45) is 0. The van der Waals surface area contributed by atoms with Crippen LogP contribution in [0.5, 0.6) is 0 Å². The fourth-order valence-corrected chi connectivity index (χ4v) is 0. The third-order valence-corrected chi connectivity index (χ3v) is 0. The first-order valence-electron chi connectivity index (χ1n) is 2.12. The first kappa shape index (κ1) is 25.5. The summed E-state index contributed by atoms with van der Waals surface area (Å²) in [6, 6.07) is 0. The van der Waals surface area contributed by atoms with Crippen molar-refractivity contribution >= 4 is 0 Å². The van der Waals surface area contributed by atoms with Crippen molar-refractivity contribution in [3.8, 4) is 0 Å². The predicted octanol–water partition coefficient (Wildman–Crippen LogP) is 2.52. The van der Waals surface area contributed by atoms with Crippen LogP contribution < -0.4 is 0 Å². The van der Waals surface area contributed by atoms with Crippen molar-refractivity contribution in [1.29, 1.82) is 0 Å². The Bertz CT molecular complexity index is 4.14. The molecule has 0 heterocycles. The third kappa shape index (κ3) is 364. The summed E-state index contributed by atoms with van der Waals surface area (Å²) in [5.41, 5.74) is 0. The molecule has 0 saturated carbocycles. The van der Waals surface area contributed by atoms with E-state index in [1.165, 1.54) is 0 Å². The molecule has 0 saturated heterocycles. The van der Waals surface area contributed by atoms with Gasteiger partial charge in [-0.05, 0) is 0 Å². The molecular weight excluding hydrogens is 173 g/mol. The van der Waals surface area contributed by atoms with Gasteiger partial charge in [0.1, 0.15) is 0 Å². The molecular formula is C6H15Ru. The molecule has 0 aromatic heterocycles. The summed E-state index contributed by atoms with van der Waals surface area (Å²) in [5, 5.41) is 0. The first-order chi connectivity index (χ1) is 3.00. The van der Waals surface area contributed by atoms with Crippen LogP contribution in [0.1, 0.15) is 20.8 Å². The smallest absolute Gasteiger partial charge is 0.346 e. The summed E-state index contributed by atoms with van der Waals surface area (Å²) >= 11 is 0. The van der Waals surface area contributed by atoms with Crippen molar-refractivity contribution in [2.45, 2.75) is 20.8 Å². The molecule has 0 aliphatic rings. The molecule has 0 aliphatic heterocycles. The predicted molar refractivity (Wildman–Crippen MR) is 33.1 cm³/mol. The Labute approximate surface area is 61.5 Å². The quantitative estimate of drug-likeness (QED) is 0.405. The van der Waals surface area contributed by atoms with E-state index >= 15 is 0 Å². The van der Waals surface area contributed by atoms with Crippen LogP contribution >= 0.6 is 0 Å². The minimum atomic E-state index is 0. The van der Waals surface area contributed by atoms with Gasteiger partial charge in [-0.3, -0.25) is 0 Å². The number of rotatable bonds is 0. The van der Waals surface area contributed by atoms with Crippen molar-refractivity contribution in [3.63, 3.8) is 0 Å². The zero-order valence-electron chi connectivity index (χ0n) is 5.47. The van der Waals surface area contributed by atoms with E-state index in [-0.39, 0.29) is 19.5 Å². The van der Waals surface area contributed by atoms with Gasteiger partial charge >= 0.3 is 19.5 Å². The molecule has 7 heavy (non-hydrogen) atoms. The largest absolute Gasteiger partial charge is 3.00 e. The molecule has 0 fully saturated rings. The second kappa shape index (κ2) is 539. The van der Waals surface area contributed by atoms with Crippen LogP contribution in [0.25, 0.3) is 0 Å². The van der Waals surface area contributed by atoms with Crippen LogP contribution in [0.3, 0.4) is 0 Å². The Hall–Kier alpha value is 0.623. The number of hydrogen-bond acceptors (Lipinski definition) is 0. The van der Waals surface area contributed by atoms with Crippen LogP contribution in [0, 0.1) is 20.8 Å². The molecule has 0 aliphatic carbocycles. The summed E-state index contributed by atoms with van der Waals surface area (Å²) < 4.78 is 0. The molecule has 0 bridgehead atoms. The molecule has 0 N–H and O–H groups in total. The Balaban J connectivity index is -0.00000000900. The van der Waals surface area contributed by atoms with Crippen LogP contribution in [0.15, 0.2) is 0 Å². The molecule has 0 rings (SSSR count). The van der Waals surface area contributed by atoms with Crippen molar-refractivity contribution in [1.82, 2.24) is 0 Å². The molecule has 0 spiro atoms. The molecule has 0 unspecified atom stereocenters. The van der Waals surface area contributed by atoms with Gasteiger partial charge in [0.15, 0.2) is 0 Å². The van der Waals surface area contributed by atoms with Crippen molar-refractivity contribution in [3.05, 3.63) is 20.8 Å². The molecule has 47 valence electrons. The molecule has 0 nitrogen and oxygen atoms in total. The number of hydrogen-bond donors (Lipinski definition) is 0. The fraction of sp³-hybridized carbons (Fsp3) is 0.500. The Morgan fingerprint density at radius 2 is 0.571 bits per heavy atom. The van der Waals surface area contributed by atoms with Crippen LogP contribution in [-0.2, 0) is 19.5 Å². The average molecular weight is 188 g/mol. The Morgan fingerprint density at radius 3 is 0.571 bits per heavy atom. The topological polar surface area (TPSA) is 0 Å². The minimum Gasteiger partial charge on any atom is -0.346 e. The third-order valence-electron chi connectivity index (χ3n) is 0. The first-order valence-corrected chi connectivity index (χ1v) is 2.12. The van der Waals surface area contributed by atoms with Crippen LogP contribution in [0.4, 0.5) is 0 Å². The normalized spacial score (nSPS) is 2.57. The van der Waals surface area contributed by atoms with Gasteiger partial charge in [0, 0.05) is 0 Å². The van der Waals surface area contributed by atoms with E-state index < -0.39 is 0 Å². The molecule has 0 amide bonds. The minimum absolute atomic E-state index is 0. The van der Waals surface area contributed by atoms with Crippen molar-refractivity contribution in [2.75, 3.05) is 0 Å². The Morgan fingerprint density at radius 1 is 0.571 bits per heavy atom. The van der Waals surface area contributed by atoms with Gasteiger partial charge in [0.05, 0.1) is 0 Å². The van der Waals surface area contributed by atoms with E-state index in [2.05, 4.69) is 20.8 Å². The van der Waals surface area contributed by atoms with Gasteiger partial charge in [-0.15, -0.1) is 0 Å². The van der Waals surface area contributed by atoms with Gasteiger partial charge < -0.3 is 20.8 Å². The standard InChI is InChI=1S/3C2H5.Ru/c3*1-2;/h3*1H2,2H3;/q3*-1;+3. The average Bonchev–Trinajstić information content (AvgIpc) is 1.81. The van der Waals surface area contributed by atoms with Crippen molar-refractivity contribution in [2.24, 2.45) is 0 Å². The van der Waals surface area contributed by atoms with Crippen LogP contribution in [0.2, 0.25) is 0 Å². The summed E-state index contributed by atoms with van der Waals surface area (Å²) in [6.45, 7) is 15.0. The SMILES string of the molecule is [CH2-]C.[CH2-]C.[CH2-]C.[Ru+3]. The maximum Gasteiger partial charge on any atom is 3.00 e. The maximum absolute atomic E-state index is 3.25. The molecule has 0 aromatic rings.